The van der Waals surface area contributed by atoms with E-state index in [0.717, 1.165) is 0 Å². The maximum atomic E-state index is 5.78. The molecule has 2 heteroatoms. The van der Waals surface area contributed by atoms with E-state index in [9.17, 15) is 0 Å². The van der Waals surface area contributed by atoms with Crippen LogP contribution in [0.25, 0.3) is 0 Å². The third-order valence-electron chi connectivity index (χ3n) is 3.83. The standard InChI is InChI=1S/C15H34OSi/c1-5-7-8-9-10-11-12-13-15-17(4,16-3)14-6-2/h5-15H2,1-4H3. The minimum Gasteiger partial charge on any atom is -0.420 e. The molecule has 0 heterocycles. The number of hydrogen-bond donors (Lipinski definition) is 0. The molecule has 0 spiro atoms. The predicted octanol–water partition coefficient (Wildman–Crippen LogP) is 5.76. The summed E-state index contributed by atoms with van der Waals surface area (Å²) in [6, 6.07) is 2.70. The van der Waals surface area contributed by atoms with Crippen LogP contribution in [0.1, 0.15) is 71.6 Å². The third kappa shape index (κ3) is 9.84. The van der Waals surface area contributed by atoms with E-state index >= 15 is 0 Å². The van der Waals surface area contributed by atoms with Crippen LogP contribution in [0.15, 0.2) is 0 Å². The molecular formula is C15H34OSi. The van der Waals surface area contributed by atoms with Gasteiger partial charge in [-0.3, -0.25) is 0 Å². The van der Waals surface area contributed by atoms with Gasteiger partial charge in [-0.25, -0.2) is 0 Å². The monoisotopic (exact) mass is 258 g/mol. The molecule has 0 saturated carbocycles. The Morgan fingerprint density at radius 2 is 1.24 bits per heavy atom. The van der Waals surface area contributed by atoms with E-state index < -0.39 is 8.32 Å². The summed E-state index contributed by atoms with van der Waals surface area (Å²) < 4.78 is 5.78. The Kier molecular flexibility index (Phi) is 11.4. The third-order valence-corrected chi connectivity index (χ3v) is 7.79. The van der Waals surface area contributed by atoms with Crippen LogP contribution in [-0.2, 0) is 4.43 Å². The van der Waals surface area contributed by atoms with Crippen molar-refractivity contribution < 1.29 is 4.43 Å². The SMILES string of the molecule is CCCCCCCCCC[Si](C)(CCC)OC. The molecule has 0 saturated heterocycles. The Balaban J connectivity index is 3.37. The molecule has 0 aliphatic rings. The molecule has 0 aliphatic heterocycles. The van der Waals surface area contributed by atoms with Gasteiger partial charge in [0.05, 0.1) is 0 Å². The van der Waals surface area contributed by atoms with Crippen molar-refractivity contribution in [3.63, 3.8) is 0 Å². The molecule has 1 unspecified atom stereocenters. The molecule has 0 fully saturated rings. The van der Waals surface area contributed by atoms with Gasteiger partial charge in [0.2, 0.25) is 0 Å². The zero-order chi connectivity index (χ0) is 13.0. The first-order valence-electron chi connectivity index (χ1n) is 7.73. The molecule has 0 rings (SSSR count). The lowest BCUT2D eigenvalue weighted by Crippen LogP contribution is -2.32. The summed E-state index contributed by atoms with van der Waals surface area (Å²) in [5, 5.41) is 0. The molecule has 17 heavy (non-hydrogen) atoms. The highest BCUT2D eigenvalue weighted by Crippen LogP contribution is 2.22. The van der Waals surface area contributed by atoms with Crippen LogP contribution in [0, 0.1) is 0 Å². The molecule has 1 atom stereocenters. The lowest BCUT2D eigenvalue weighted by Gasteiger charge is -2.24. The van der Waals surface area contributed by atoms with Gasteiger partial charge in [0, 0.05) is 7.11 Å². The van der Waals surface area contributed by atoms with Gasteiger partial charge in [-0.05, 0) is 18.6 Å². The number of unbranched alkanes of at least 4 members (excludes halogenated alkanes) is 7. The Morgan fingerprint density at radius 3 is 1.71 bits per heavy atom. The molecule has 0 aliphatic carbocycles. The summed E-state index contributed by atoms with van der Waals surface area (Å²) in [6.07, 6.45) is 12.6. The molecule has 0 amide bonds. The van der Waals surface area contributed by atoms with Gasteiger partial charge in [-0.15, -0.1) is 0 Å². The second kappa shape index (κ2) is 11.3. The summed E-state index contributed by atoms with van der Waals surface area (Å²) in [5.74, 6) is 0. The summed E-state index contributed by atoms with van der Waals surface area (Å²) in [6.45, 7) is 6.96. The van der Waals surface area contributed by atoms with Crippen LogP contribution in [0.4, 0.5) is 0 Å². The van der Waals surface area contributed by atoms with Crippen molar-refractivity contribution in [3.05, 3.63) is 0 Å². The summed E-state index contributed by atoms with van der Waals surface area (Å²) in [5.41, 5.74) is 0. The molecule has 0 radical (unpaired) electrons. The molecule has 1 nitrogen and oxygen atoms in total. The van der Waals surface area contributed by atoms with Gasteiger partial charge in [0.1, 0.15) is 0 Å². The van der Waals surface area contributed by atoms with Crippen molar-refractivity contribution in [1.82, 2.24) is 0 Å². The van der Waals surface area contributed by atoms with Crippen LogP contribution in [-0.4, -0.2) is 15.4 Å². The first kappa shape index (κ1) is 17.2. The largest absolute Gasteiger partial charge is 0.420 e. The van der Waals surface area contributed by atoms with Crippen molar-refractivity contribution in [2.24, 2.45) is 0 Å². The molecule has 104 valence electrons. The summed E-state index contributed by atoms with van der Waals surface area (Å²) in [4.78, 5) is 0. The van der Waals surface area contributed by atoms with Crippen molar-refractivity contribution in [2.75, 3.05) is 7.11 Å². The first-order valence-corrected chi connectivity index (χ1v) is 10.6. The molecule has 0 aromatic carbocycles. The average molecular weight is 259 g/mol. The Bertz CT molecular complexity index is 161. The Labute approximate surface area is 110 Å². The molecule has 0 aromatic heterocycles. The van der Waals surface area contributed by atoms with Gasteiger partial charge in [0.15, 0.2) is 8.32 Å². The van der Waals surface area contributed by atoms with E-state index in [2.05, 4.69) is 20.4 Å². The maximum Gasteiger partial charge on any atom is 0.189 e. The fourth-order valence-electron chi connectivity index (χ4n) is 2.49. The number of hydrogen-bond acceptors (Lipinski definition) is 1. The first-order chi connectivity index (χ1) is 8.18. The smallest absolute Gasteiger partial charge is 0.189 e. The highest BCUT2D eigenvalue weighted by Gasteiger charge is 2.25. The second-order valence-electron chi connectivity index (χ2n) is 5.63. The zero-order valence-electron chi connectivity index (χ0n) is 12.7. The van der Waals surface area contributed by atoms with Crippen molar-refractivity contribution in [3.8, 4) is 0 Å². The van der Waals surface area contributed by atoms with E-state index in [1.165, 1.54) is 69.9 Å². The van der Waals surface area contributed by atoms with E-state index in [0.29, 0.717) is 0 Å². The Morgan fingerprint density at radius 1 is 0.706 bits per heavy atom. The summed E-state index contributed by atoms with van der Waals surface area (Å²) in [7, 11) is 0.619. The van der Waals surface area contributed by atoms with Crippen LogP contribution in [0.2, 0.25) is 18.6 Å². The average Bonchev–Trinajstić information content (AvgIpc) is 2.33. The van der Waals surface area contributed by atoms with E-state index in [-0.39, 0.29) is 0 Å². The predicted molar refractivity (Wildman–Crippen MR) is 81.1 cm³/mol. The van der Waals surface area contributed by atoms with Crippen LogP contribution >= 0.6 is 0 Å². The van der Waals surface area contributed by atoms with Crippen LogP contribution in [0.5, 0.6) is 0 Å². The molecular weight excluding hydrogens is 224 g/mol. The van der Waals surface area contributed by atoms with E-state index in [4.69, 9.17) is 4.43 Å². The van der Waals surface area contributed by atoms with Gasteiger partial charge < -0.3 is 4.43 Å². The minimum atomic E-state index is -1.30. The maximum absolute atomic E-state index is 5.78. The quantitative estimate of drug-likeness (QED) is 0.319. The minimum absolute atomic E-state index is 1.29. The van der Waals surface area contributed by atoms with Crippen molar-refractivity contribution in [1.29, 1.82) is 0 Å². The lowest BCUT2D eigenvalue weighted by atomic mass is 10.1. The zero-order valence-corrected chi connectivity index (χ0v) is 13.7. The normalized spacial score (nSPS) is 14.8. The van der Waals surface area contributed by atoms with Crippen molar-refractivity contribution >= 4 is 8.32 Å². The Hall–Kier alpha value is 0.177. The van der Waals surface area contributed by atoms with E-state index in [1.54, 1.807) is 0 Å². The second-order valence-corrected chi connectivity index (χ2v) is 9.94. The summed E-state index contributed by atoms with van der Waals surface area (Å²) >= 11 is 0. The molecule has 0 aromatic rings. The van der Waals surface area contributed by atoms with Crippen molar-refractivity contribution in [2.45, 2.75) is 90.3 Å². The van der Waals surface area contributed by atoms with Gasteiger partial charge in [0.25, 0.3) is 0 Å². The highest BCUT2D eigenvalue weighted by atomic mass is 28.4. The fraction of sp³-hybridized carbons (Fsp3) is 1.00. The van der Waals surface area contributed by atoms with Crippen LogP contribution < -0.4 is 0 Å². The lowest BCUT2D eigenvalue weighted by molar-refractivity contribution is 0.392. The number of rotatable bonds is 12. The van der Waals surface area contributed by atoms with Gasteiger partial charge >= 0.3 is 0 Å². The topological polar surface area (TPSA) is 9.23 Å². The van der Waals surface area contributed by atoms with Gasteiger partial charge in [-0.2, -0.15) is 0 Å². The molecule has 0 N–H and O–H groups in total. The fourth-order valence-corrected chi connectivity index (χ4v) is 5.20. The van der Waals surface area contributed by atoms with Gasteiger partial charge in [-0.1, -0.05) is 71.6 Å². The van der Waals surface area contributed by atoms with Crippen LogP contribution in [0.3, 0.4) is 0 Å². The van der Waals surface area contributed by atoms with E-state index in [1.807, 2.05) is 7.11 Å². The highest BCUT2D eigenvalue weighted by molar-refractivity contribution is 6.72. The molecule has 0 bridgehead atoms.